The number of allylic oxidation sites excluding steroid dienone is 7. The summed E-state index contributed by atoms with van der Waals surface area (Å²) in [6, 6.07) is -1.53. The van der Waals surface area contributed by atoms with E-state index in [1.165, 1.54) is 70.6 Å². The first-order chi connectivity index (χ1) is 27.5. The molecule has 5 N–H and O–H groups in total. The first-order valence-electron chi connectivity index (χ1n) is 21.8. The molecule has 0 aliphatic carbocycles. The van der Waals surface area contributed by atoms with Gasteiger partial charge in [-0.25, -0.2) is 4.57 Å². The molecule has 330 valence electrons. The number of phosphoric acid groups is 1. The molecule has 0 saturated heterocycles. The van der Waals surface area contributed by atoms with E-state index in [0.29, 0.717) is 19.3 Å². The van der Waals surface area contributed by atoms with Gasteiger partial charge in [-0.3, -0.25) is 23.4 Å². The number of nitrogens with two attached hydrogens (primary N) is 1. The molecule has 0 saturated carbocycles. The molecule has 57 heavy (non-hydrogen) atoms. The van der Waals surface area contributed by atoms with Gasteiger partial charge in [0.15, 0.2) is 6.10 Å². The van der Waals surface area contributed by atoms with Crippen LogP contribution in [0.15, 0.2) is 48.6 Å². The number of carboxylic acids is 1. The van der Waals surface area contributed by atoms with Crippen LogP contribution in [-0.2, 0) is 37.5 Å². The number of aliphatic hydroxyl groups is 1. The lowest BCUT2D eigenvalue weighted by Gasteiger charge is -2.20. The van der Waals surface area contributed by atoms with Crippen molar-refractivity contribution in [3.05, 3.63) is 48.6 Å². The van der Waals surface area contributed by atoms with E-state index in [1.54, 1.807) is 0 Å². The number of aliphatic hydroxyl groups excluding tert-OH is 1. The Hall–Kier alpha value is -2.60. The van der Waals surface area contributed by atoms with Crippen LogP contribution in [-0.4, -0.2) is 71.1 Å². The number of carboxylic acid groups (broad SMARTS) is 1. The quantitative estimate of drug-likeness (QED) is 0.0198. The maximum atomic E-state index is 12.6. The zero-order valence-electron chi connectivity index (χ0n) is 35.3. The fourth-order valence-electron chi connectivity index (χ4n) is 5.66. The summed E-state index contributed by atoms with van der Waals surface area (Å²) in [7, 11) is -4.74. The molecular formula is C44H78NO11P. The maximum Gasteiger partial charge on any atom is 0.472 e. The third kappa shape index (κ3) is 38.7. The molecule has 0 aromatic heterocycles. The van der Waals surface area contributed by atoms with E-state index in [9.17, 15) is 28.9 Å². The average Bonchev–Trinajstić information content (AvgIpc) is 3.18. The number of ether oxygens (including phenoxy) is 2. The molecule has 0 aliphatic heterocycles. The van der Waals surface area contributed by atoms with Gasteiger partial charge in [-0.05, 0) is 44.9 Å². The molecule has 0 aliphatic rings. The van der Waals surface area contributed by atoms with E-state index in [2.05, 4.69) is 42.7 Å². The molecule has 0 rings (SSSR count). The summed E-state index contributed by atoms with van der Waals surface area (Å²) in [5, 5.41) is 18.7. The number of hydrogen-bond acceptors (Lipinski definition) is 10. The maximum absolute atomic E-state index is 12.6. The van der Waals surface area contributed by atoms with Crippen LogP contribution in [0.5, 0.6) is 0 Å². The predicted octanol–water partition coefficient (Wildman–Crippen LogP) is 10.4. The topological polar surface area (TPSA) is 192 Å². The van der Waals surface area contributed by atoms with Gasteiger partial charge in [0.2, 0.25) is 0 Å². The van der Waals surface area contributed by atoms with Gasteiger partial charge in [0, 0.05) is 12.8 Å². The van der Waals surface area contributed by atoms with Crippen LogP contribution in [0.2, 0.25) is 0 Å². The largest absolute Gasteiger partial charge is 0.480 e. The van der Waals surface area contributed by atoms with Gasteiger partial charge in [0.25, 0.3) is 0 Å². The van der Waals surface area contributed by atoms with Gasteiger partial charge in [0.05, 0.1) is 19.3 Å². The van der Waals surface area contributed by atoms with Gasteiger partial charge < -0.3 is 30.3 Å². The molecule has 0 fully saturated rings. The Morgan fingerprint density at radius 3 is 1.63 bits per heavy atom. The standard InChI is InChI=1S/C44H78NO11P/c1-3-5-7-8-9-10-11-12-13-14-19-22-25-28-31-35-43(48)56-40(37-54-57(51,52)55-38-41(45)44(49)50)36-53-42(47)34-30-27-24-21-18-16-15-17-20-23-26-29-33-39(46)32-6-4-2/h15-16,20-21,23-24,29,33,39-41,46H,3-14,17-19,22,25-28,30-32,34-38,45H2,1-2H3,(H,49,50)(H,51,52)/b16-15-,23-20-,24-21-,33-29-/t39-,40+,41-/m0/s1. The molecule has 0 aromatic rings. The lowest BCUT2D eigenvalue weighted by molar-refractivity contribution is -0.161. The Bertz CT molecular complexity index is 1170. The highest BCUT2D eigenvalue weighted by molar-refractivity contribution is 7.47. The number of carbonyl (C=O) groups is 3. The van der Waals surface area contributed by atoms with Crippen molar-refractivity contribution in [1.82, 2.24) is 0 Å². The monoisotopic (exact) mass is 828 g/mol. The second-order valence-corrected chi connectivity index (χ2v) is 16.1. The smallest absolute Gasteiger partial charge is 0.472 e. The number of rotatable bonds is 40. The highest BCUT2D eigenvalue weighted by Crippen LogP contribution is 2.43. The molecule has 4 atom stereocenters. The fourth-order valence-corrected chi connectivity index (χ4v) is 6.44. The fraction of sp³-hybridized carbons (Fsp3) is 0.750. The van der Waals surface area contributed by atoms with Crippen molar-refractivity contribution in [2.24, 2.45) is 5.73 Å². The zero-order valence-corrected chi connectivity index (χ0v) is 36.2. The van der Waals surface area contributed by atoms with Gasteiger partial charge >= 0.3 is 25.7 Å². The van der Waals surface area contributed by atoms with Crippen LogP contribution in [0.3, 0.4) is 0 Å². The predicted molar refractivity (Wildman–Crippen MR) is 228 cm³/mol. The van der Waals surface area contributed by atoms with Gasteiger partial charge in [-0.15, -0.1) is 0 Å². The lowest BCUT2D eigenvalue weighted by atomic mass is 10.0. The number of phosphoric ester groups is 1. The highest BCUT2D eigenvalue weighted by atomic mass is 31.2. The van der Waals surface area contributed by atoms with Crippen molar-refractivity contribution < 1.29 is 52.6 Å². The van der Waals surface area contributed by atoms with Crippen molar-refractivity contribution in [3.8, 4) is 0 Å². The summed E-state index contributed by atoms with van der Waals surface area (Å²) < 4.78 is 32.6. The van der Waals surface area contributed by atoms with Gasteiger partial charge in [0.1, 0.15) is 12.6 Å². The summed E-state index contributed by atoms with van der Waals surface area (Å²) >= 11 is 0. The van der Waals surface area contributed by atoms with Crippen LogP contribution in [0.4, 0.5) is 0 Å². The Morgan fingerprint density at radius 2 is 1.09 bits per heavy atom. The second-order valence-electron chi connectivity index (χ2n) is 14.7. The average molecular weight is 828 g/mol. The Labute approximate surface area is 344 Å². The van der Waals surface area contributed by atoms with Crippen LogP contribution in [0.1, 0.15) is 174 Å². The van der Waals surface area contributed by atoms with E-state index in [-0.39, 0.29) is 25.6 Å². The minimum Gasteiger partial charge on any atom is -0.480 e. The van der Waals surface area contributed by atoms with Crippen molar-refractivity contribution in [2.45, 2.75) is 193 Å². The number of unbranched alkanes of at least 4 members (excludes halogenated alkanes) is 16. The highest BCUT2D eigenvalue weighted by Gasteiger charge is 2.28. The van der Waals surface area contributed by atoms with Crippen LogP contribution in [0, 0.1) is 0 Å². The van der Waals surface area contributed by atoms with Crippen LogP contribution < -0.4 is 5.73 Å². The summed E-state index contributed by atoms with van der Waals surface area (Å²) in [5.74, 6) is -2.48. The minimum absolute atomic E-state index is 0.129. The van der Waals surface area contributed by atoms with Crippen LogP contribution >= 0.6 is 7.82 Å². The molecule has 0 heterocycles. The number of hydrogen-bond donors (Lipinski definition) is 4. The zero-order chi connectivity index (χ0) is 42.2. The van der Waals surface area contributed by atoms with Gasteiger partial charge in [-0.1, -0.05) is 165 Å². The molecule has 0 radical (unpaired) electrons. The normalized spacial score (nSPS) is 14.8. The summed E-state index contributed by atoms with van der Waals surface area (Å²) in [6.45, 7) is 2.59. The summed E-state index contributed by atoms with van der Waals surface area (Å²) in [5.41, 5.74) is 5.32. The van der Waals surface area contributed by atoms with Crippen molar-refractivity contribution in [3.63, 3.8) is 0 Å². The van der Waals surface area contributed by atoms with E-state index in [0.717, 1.165) is 57.8 Å². The van der Waals surface area contributed by atoms with Crippen molar-refractivity contribution >= 4 is 25.7 Å². The second kappa shape index (κ2) is 38.9. The molecular weight excluding hydrogens is 749 g/mol. The Kier molecular flexibility index (Phi) is 37.1. The third-order valence-corrected chi connectivity index (χ3v) is 10.1. The van der Waals surface area contributed by atoms with Crippen molar-refractivity contribution in [1.29, 1.82) is 0 Å². The molecule has 0 aromatic carbocycles. The molecule has 13 heteroatoms. The number of carbonyl (C=O) groups excluding carboxylic acids is 2. The molecule has 0 amide bonds. The van der Waals surface area contributed by atoms with E-state index in [1.807, 2.05) is 24.3 Å². The molecule has 0 spiro atoms. The SMILES string of the molecule is CCCCCCCCCCCCCCCCCC(=O)O[C@H](COC(=O)CCC/C=C\C/C=C\C/C=C\C/C=C\[C@@H](O)CCCC)COP(=O)(O)OC[C@H](N)C(=O)O. The lowest BCUT2D eigenvalue weighted by Crippen LogP contribution is -2.34. The third-order valence-electron chi connectivity index (χ3n) is 9.15. The summed E-state index contributed by atoms with van der Waals surface area (Å²) in [4.78, 5) is 45.9. The number of esters is 2. The molecule has 0 bridgehead atoms. The summed E-state index contributed by atoms with van der Waals surface area (Å²) in [6.07, 6.45) is 39.4. The van der Waals surface area contributed by atoms with E-state index in [4.69, 9.17) is 24.8 Å². The van der Waals surface area contributed by atoms with Gasteiger partial charge in [-0.2, -0.15) is 0 Å². The van der Waals surface area contributed by atoms with E-state index < -0.39 is 51.1 Å². The Balaban J connectivity index is 4.48. The molecule has 12 nitrogen and oxygen atoms in total. The Morgan fingerprint density at radius 1 is 0.614 bits per heavy atom. The minimum atomic E-state index is -4.74. The van der Waals surface area contributed by atoms with Crippen molar-refractivity contribution in [2.75, 3.05) is 19.8 Å². The molecule has 1 unspecified atom stereocenters. The first kappa shape index (κ1) is 54.4. The first-order valence-corrected chi connectivity index (χ1v) is 23.2. The van der Waals surface area contributed by atoms with E-state index >= 15 is 0 Å². The van der Waals surface area contributed by atoms with Crippen LogP contribution in [0.25, 0.3) is 0 Å². The number of aliphatic carboxylic acids is 1.